The van der Waals surface area contributed by atoms with Crippen LogP contribution >= 0.6 is 0 Å². The van der Waals surface area contributed by atoms with Crippen LogP contribution in [-0.4, -0.2) is 47.7 Å². The molecule has 1 aliphatic rings. The number of benzene rings is 1. The van der Waals surface area contributed by atoms with Gasteiger partial charge in [-0.05, 0) is 29.8 Å². The van der Waals surface area contributed by atoms with Crippen LogP contribution in [0.4, 0.5) is 0 Å². The normalized spacial score (nSPS) is 18.0. The van der Waals surface area contributed by atoms with Crippen LogP contribution in [0.1, 0.15) is 27.7 Å². The predicted molar refractivity (Wildman–Crippen MR) is 91.4 cm³/mol. The van der Waals surface area contributed by atoms with E-state index in [1.807, 2.05) is 6.07 Å². The number of carbonyl (C=O) groups excluding carboxylic acids is 1. The largest absolute Gasteiger partial charge is 0.504 e. The molecule has 0 aliphatic carbocycles. The highest BCUT2D eigenvalue weighted by Gasteiger charge is 2.24. The molecule has 1 aliphatic heterocycles. The van der Waals surface area contributed by atoms with Gasteiger partial charge in [0.25, 0.3) is 0 Å². The molecule has 0 radical (unpaired) electrons. The molecule has 1 aromatic heterocycles. The molecule has 1 aromatic carbocycles. The minimum Gasteiger partial charge on any atom is -0.504 e. The van der Waals surface area contributed by atoms with Gasteiger partial charge in [0.2, 0.25) is 5.91 Å². The van der Waals surface area contributed by atoms with Crippen molar-refractivity contribution < 1.29 is 19.4 Å². The average molecular weight is 343 g/mol. The highest BCUT2D eigenvalue weighted by Crippen LogP contribution is 2.28. The number of pyridine rings is 1. The van der Waals surface area contributed by atoms with Gasteiger partial charge in [-0.25, -0.2) is 0 Å². The van der Waals surface area contributed by atoms with E-state index >= 15 is 0 Å². The van der Waals surface area contributed by atoms with Crippen LogP contribution in [-0.2, 0) is 11.3 Å². The van der Waals surface area contributed by atoms with Gasteiger partial charge in [-0.3, -0.25) is 14.7 Å². The first-order valence-corrected chi connectivity index (χ1v) is 8.02. The molecule has 0 bridgehead atoms. The summed E-state index contributed by atoms with van der Waals surface area (Å²) in [5.74, 6) is 0.0988. The summed E-state index contributed by atoms with van der Waals surface area (Å²) in [5, 5.41) is 9.91. The lowest BCUT2D eigenvalue weighted by Crippen LogP contribution is -2.38. The first kappa shape index (κ1) is 17.2. The molecular formula is C18H21N3O4. The number of hydrogen-bond donors (Lipinski definition) is 2. The van der Waals surface area contributed by atoms with E-state index in [4.69, 9.17) is 15.2 Å². The molecule has 7 heteroatoms. The number of hydrogen-bond acceptors (Lipinski definition) is 6. The van der Waals surface area contributed by atoms with E-state index in [-0.39, 0.29) is 11.9 Å². The van der Waals surface area contributed by atoms with Crippen molar-refractivity contribution in [3.63, 3.8) is 0 Å². The SMILES string of the molecule is COc1ccc(CN2CCOC(c3cc(C(N)=O)ccn3)C2)cc1O. The van der Waals surface area contributed by atoms with Gasteiger partial charge in [-0.15, -0.1) is 0 Å². The van der Waals surface area contributed by atoms with E-state index in [2.05, 4.69) is 9.88 Å². The van der Waals surface area contributed by atoms with Crippen molar-refractivity contribution in [3.8, 4) is 11.5 Å². The highest BCUT2D eigenvalue weighted by molar-refractivity contribution is 5.92. The lowest BCUT2D eigenvalue weighted by molar-refractivity contribution is -0.0350. The molecule has 0 saturated carbocycles. The molecule has 1 fully saturated rings. The number of aromatic hydroxyl groups is 1. The van der Waals surface area contributed by atoms with Crippen molar-refractivity contribution >= 4 is 5.91 Å². The van der Waals surface area contributed by atoms with Crippen LogP contribution in [0.25, 0.3) is 0 Å². The van der Waals surface area contributed by atoms with Crippen molar-refractivity contribution in [2.24, 2.45) is 5.73 Å². The van der Waals surface area contributed by atoms with Gasteiger partial charge in [0.15, 0.2) is 11.5 Å². The summed E-state index contributed by atoms with van der Waals surface area (Å²) < 4.78 is 10.9. The fourth-order valence-corrected chi connectivity index (χ4v) is 2.89. The van der Waals surface area contributed by atoms with Crippen molar-refractivity contribution in [2.45, 2.75) is 12.6 Å². The molecule has 25 heavy (non-hydrogen) atoms. The molecule has 2 aromatic rings. The number of ether oxygens (including phenoxy) is 2. The van der Waals surface area contributed by atoms with Gasteiger partial charge in [0.05, 0.1) is 19.4 Å². The van der Waals surface area contributed by atoms with Crippen LogP contribution < -0.4 is 10.5 Å². The van der Waals surface area contributed by atoms with Crippen molar-refractivity contribution in [1.82, 2.24) is 9.88 Å². The van der Waals surface area contributed by atoms with E-state index < -0.39 is 5.91 Å². The van der Waals surface area contributed by atoms with Crippen LogP contribution in [0.15, 0.2) is 36.5 Å². The van der Waals surface area contributed by atoms with Gasteiger partial charge < -0.3 is 20.3 Å². The summed E-state index contributed by atoms with van der Waals surface area (Å²) in [4.78, 5) is 17.9. The average Bonchev–Trinajstić information content (AvgIpc) is 2.62. The first-order valence-electron chi connectivity index (χ1n) is 8.02. The number of primary amides is 1. The number of aromatic nitrogens is 1. The standard InChI is InChI=1S/C18H21N3O4/c1-24-16-3-2-12(8-15(16)22)10-21-6-7-25-17(11-21)14-9-13(18(19)23)4-5-20-14/h2-5,8-9,17,22H,6-7,10-11H2,1H3,(H2,19,23). The van der Waals surface area contributed by atoms with Crippen molar-refractivity contribution in [3.05, 3.63) is 53.3 Å². The molecule has 132 valence electrons. The van der Waals surface area contributed by atoms with E-state index in [1.165, 1.54) is 7.11 Å². The maximum atomic E-state index is 11.3. The summed E-state index contributed by atoms with van der Waals surface area (Å²) in [6.45, 7) is 2.66. The summed E-state index contributed by atoms with van der Waals surface area (Å²) >= 11 is 0. The Morgan fingerprint density at radius 3 is 3.00 bits per heavy atom. The number of rotatable bonds is 5. The Labute approximate surface area is 146 Å². The zero-order chi connectivity index (χ0) is 17.8. The Morgan fingerprint density at radius 1 is 1.44 bits per heavy atom. The molecule has 0 spiro atoms. The molecule has 7 nitrogen and oxygen atoms in total. The smallest absolute Gasteiger partial charge is 0.248 e. The predicted octanol–water partition coefficient (Wildman–Crippen LogP) is 1.47. The monoisotopic (exact) mass is 343 g/mol. The summed E-state index contributed by atoms with van der Waals surface area (Å²) in [6.07, 6.45) is 1.35. The van der Waals surface area contributed by atoms with Crippen LogP contribution in [0.2, 0.25) is 0 Å². The Kier molecular flexibility index (Phi) is 5.16. The molecule has 1 amide bonds. The van der Waals surface area contributed by atoms with Gasteiger partial charge in [-0.2, -0.15) is 0 Å². The lowest BCUT2D eigenvalue weighted by Gasteiger charge is -2.32. The Hall–Kier alpha value is -2.64. The fourth-order valence-electron chi connectivity index (χ4n) is 2.89. The van der Waals surface area contributed by atoms with E-state index in [0.29, 0.717) is 36.7 Å². The highest BCUT2D eigenvalue weighted by atomic mass is 16.5. The molecule has 3 rings (SSSR count). The molecule has 1 unspecified atom stereocenters. The second-order valence-electron chi connectivity index (χ2n) is 5.93. The maximum Gasteiger partial charge on any atom is 0.248 e. The molecule has 2 heterocycles. The topological polar surface area (TPSA) is 97.9 Å². The van der Waals surface area contributed by atoms with Gasteiger partial charge in [0, 0.05) is 31.4 Å². The Morgan fingerprint density at radius 2 is 2.28 bits per heavy atom. The van der Waals surface area contributed by atoms with Crippen molar-refractivity contribution in [1.29, 1.82) is 0 Å². The lowest BCUT2D eigenvalue weighted by atomic mass is 10.1. The Balaban J connectivity index is 1.70. The summed E-state index contributed by atoms with van der Waals surface area (Å²) in [6, 6.07) is 8.65. The number of phenols is 1. The van der Waals surface area contributed by atoms with Crippen LogP contribution in [0.3, 0.4) is 0 Å². The number of nitrogens with two attached hydrogens (primary N) is 1. The third-order valence-electron chi connectivity index (χ3n) is 4.20. The van der Waals surface area contributed by atoms with Crippen LogP contribution in [0.5, 0.6) is 11.5 Å². The van der Waals surface area contributed by atoms with Gasteiger partial charge in [-0.1, -0.05) is 6.07 Å². The number of amides is 1. The fraction of sp³-hybridized carbons (Fsp3) is 0.333. The number of carbonyl (C=O) groups is 1. The third-order valence-corrected chi connectivity index (χ3v) is 4.20. The summed E-state index contributed by atoms with van der Waals surface area (Å²) in [7, 11) is 1.52. The van der Waals surface area contributed by atoms with E-state index in [1.54, 1.807) is 30.5 Å². The quantitative estimate of drug-likeness (QED) is 0.853. The second-order valence-corrected chi connectivity index (χ2v) is 5.93. The molecule has 1 saturated heterocycles. The number of morpholine rings is 1. The van der Waals surface area contributed by atoms with Crippen molar-refractivity contribution in [2.75, 3.05) is 26.8 Å². The third kappa shape index (κ3) is 4.07. The number of nitrogens with zero attached hydrogens (tertiary/aromatic N) is 2. The van der Waals surface area contributed by atoms with E-state index in [9.17, 15) is 9.90 Å². The molecule has 3 N–H and O–H groups in total. The summed E-state index contributed by atoms with van der Waals surface area (Å²) in [5.41, 5.74) is 7.43. The number of phenolic OH excluding ortho intramolecular Hbond substituents is 1. The van der Waals surface area contributed by atoms with Crippen LogP contribution in [0, 0.1) is 0 Å². The second kappa shape index (κ2) is 7.50. The zero-order valence-corrected chi connectivity index (χ0v) is 14.0. The molecular weight excluding hydrogens is 322 g/mol. The molecule has 1 atom stereocenters. The first-order chi connectivity index (χ1) is 12.1. The minimum atomic E-state index is -0.481. The zero-order valence-electron chi connectivity index (χ0n) is 14.0. The van der Waals surface area contributed by atoms with E-state index in [0.717, 1.165) is 12.1 Å². The Bertz CT molecular complexity index is 766. The van der Waals surface area contributed by atoms with Gasteiger partial charge in [0.1, 0.15) is 6.10 Å². The van der Waals surface area contributed by atoms with Gasteiger partial charge >= 0.3 is 0 Å². The minimum absolute atomic E-state index is 0.126. The maximum absolute atomic E-state index is 11.3. The number of methoxy groups -OCH3 is 1.